The van der Waals surface area contributed by atoms with Crippen LogP contribution in [0.1, 0.15) is 67.6 Å². The number of rotatable bonds is 7. The van der Waals surface area contributed by atoms with E-state index in [2.05, 4.69) is 27.6 Å². The summed E-state index contributed by atoms with van der Waals surface area (Å²) >= 11 is 1.61. The van der Waals surface area contributed by atoms with Gasteiger partial charge in [0.2, 0.25) is 5.91 Å². The van der Waals surface area contributed by atoms with Gasteiger partial charge >= 0.3 is 0 Å². The molecule has 1 amide bonds. The highest BCUT2D eigenvalue weighted by Crippen LogP contribution is 2.39. The van der Waals surface area contributed by atoms with Crippen molar-refractivity contribution in [1.29, 1.82) is 0 Å². The quantitative estimate of drug-likeness (QED) is 0.589. The van der Waals surface area contributed by atoms with Crippen LogP contribution in [0.5, 0.6) is 0 Å². The van der Waals surface area contributed by atoms with Crippen LogP contribution in [0.25, 0.3) is 10.6 Å². The molecule has 0 radical (unpaired) electrons. The molecular formula is C24H31N5O2S. The van der Waals surface area contributed by atoms with Gasteiger partial charge in [-0.3, -0.25) is 4.79 Å². The van der Waals surface area contributed by atoms with Gasteiger partial charge in [-0.2, -0.15) is 0 Å². The molecule has 2 atom stereocenters. The van der Waals surface area contributed by atoms with Crippen LogP contribution in [-0.2, 0) is 16.0 Å². The first-order chi connectivity index (χ1) is 15.5. The average molecular weight is 454 g/mol. The monoisotopic (exact) mass is 453 g/mol. The summed E-state index contributed by atoms with van der Waals surface area (Å²) in [6.07, 6.45) is 8.22. The van der Waals surface area contributed by atoms with Crippen molar-refractivity contribution in [3.8, 4) is 10.6 Å². The standard InChI is InChI=1S/C24H31N5O2S/c1-14(2)31-21-10-9-15(13-19(21)26)23-28-29-24(32-23)18-7-3-6-17-16(18)5-4-8-20(17)27-22(30)11-12-25/h3,6-7,10,13-15,20H,4-5,8-9,11-12,25-26H2,1-2H3,(H,27,30)/t15?,20-/m1/s1. The third-order valence-corrected chi connectivity index (χ3v) is 6.88. The Morgan fingerprint density at radius 2 is 2.19 bits per heavy atom. The largest absolute Gasteiger partial charge is 0.489 e. The zero-order chi connectivity index (χ0) is 22.7. The summed E-state index contributed by atoms with van der Waals surface area (Å²) in [5, 5.41) is 14.0. The first-order valence-corrected chi connectivity index (χ1v) is 12.1. The molecule has 32 heavy (non-hydrogen) atoms. The van der Waals surface area contributed by atoms with Crippen molar-refractivity contribution in [3.63, 3.8) is 0 Å². The lowest BCUT2D eigenvalue weighted by Crippen LogP contribution is -2.32. The van der Waals surface area contributed by atoms with E-state index < -0.39 is 0 Å². The van der Waals surface area contributed by atoms with Gasteiger partial charge in [-0.05, 0) is 62.8 Å². The summed E-state index contributed by atoms with van der Waals surface area (Å²) in [5.41, 5.74) is 15.9. The molecule has 0 saturated carbocycles. The lowest BCUT2D eigenvalue weighted by Gasteiger charge is -2.27. The zero-order valence-corrected chi connectivity index (χ0v) is 19.5. The fourth-order valence-electron chi connectivity index (χ4n) is 4.35. The minimum atomic E-state index is 0.00417. The zero-order valence-electron chi connectivity index (χ0n) is 18.6. The van der Waals surface area contributed by atoms with Gasteiger partial charge in [0, 0.05) is 24.4 Å². The fraction of sp³-hybridized carbons (Fsp3) is 0.458. The van der Waals surface area contributed by atoms with Gasteiger partial charge in [-0.25, -0.2) is 0 Å². The molecule has 1 heterocycles. The van der Waals surface area contributed by atoms with E-state index in [1.807, 2.05) is 32.1 Å². The molecule has 0 spiro atoms. The van der Waals surface area contributed by atoms with Gasteiger partial charge in [0.15, 0.2) is 0 Å². The number of carbonyl (C=O) groups is 1. The topological polar surface area (TPSA) is 116 Å². The van der Waals surface area contributed by atoms with E-state index in [1.165, 1.54) is 11.1 Å². The van der Waals surface area contributed by atoms with Crippen molar-refractivity contribution < 1.29 is 9.53 Å². The van der Waals surface area contributed by atoms with Gasteiger partial charge in [0.1, 0.15) is 15.8 Å². The molecule has 8 heteroatoms. The maximum atomic E-state index is 12.1. The summed E-state index contributed by atoms with van der Waals surface area (Å²) in [6.45, 7) is 4.34. The maximum absolute atomic E-state index is 12.1. The number of amides is 1. The summed E-state index contributed by atoms with van der Waals surface area (Å²) in [7, 11) is 0. The Kier molecular flexibility index (Phi) is 6.91. The highest BCUT2D eigenvalue weighted by Gasteiger charge is 2.26. The first-order valence-electron chi connectivity index (χ1n) is 11.3. The molecule has 2 aliphatic rings. The van der Waals surface area contributed by atoms with Gasteiger partial charge < -0.3 is 21.5 Å². The second-order valence-corrected chi connectivity index (χ2v) is 9.58. The predicted molar refractivity (Wildman–Crippen MR) is 127 cm³/mol. The number of allylic oxidation sites excluding steroid dienone is 2. The Labute approximate surface area is 192 Å². The Hall–Kier alpha value is -2.71. The molecule has 0 bridgehead atoms. The van der Waals surface area contributed by atoms with Crippen LogP contribution in [0.15, 0.2) is 41.8 Å². The van der Waals surface area contributed by atoms with Gasteiger partial charge in [-0.1, -0.05) is 29.5 Å². The van der Waals surface area contributed by atoms with E-state index in [0.717, 1.165) is 47.0 Å². The molecule has 170 valence electrons. The third-order valence-electron chi connectivity index (χ3n) is 5.79. The molecule has 2 aliphatic carbocycles. The number of nitrogens with one attached hydrogen (secondary N) is 1. The number of hydrogen-bond acceptors (Lipinski definition) is 7. The number of hydrogen-bond donors (Lipinski definition) is 3. The lowest BCUT2D eigenvalue weighted by atomic mass is 9.85. The minimum Gasteiger partial charge on any atom is -0.489 e. The number of aromatic nitrogens is 2. The van der Waals surface area contributed by atoms with Crippen molar-refractivity contribution in [1.82, 2.24) is 15.5 Å². The van der Waals surface area contributed by atoms with Crippen molar-refractivity contribution in [2.24, 2.45) is 11.5 Å². The van der Waals surface area contributed by atoms with Crippen LogP contribution in [0.4, 0.5) is 0 Å². The predicted octanol–water partition coefficient (Wildman–Crippen LogP) is 3.69. The molecule has 0 saturated heterocycles. The van der Waals surface area contributed by atoms with E-state index in [0.29, 0.717) is 18.7 Å². The van der Waals surface area contributed by atoms with Crippen molar-refractivity contribution in [2.45, 2.75) is 64.0 Å². The highest BCUT2D eigenvalue weighted by atomic mass is 32.1. The number of nitrogens with two attached hydrogens (primary N) is 2. The molecular weight excluding hydrogens is 422 g/mol. The van der Waals surface area contributed by atoms with Crippen molar-refractivity contribution >= 4 is 17.2 Å². The summed E-state index contributed by atoms with van der Waals surface area (Å²) in [5.74, 6) is 0.856. The SMILES string of the molecule is CC(C)OC1=CCC(c2nnc(-c3cccc4c3CCC[C@H]4NC(=O)CCN)s2)C=C1N. The van der Waals surface area contributed by atoms with Gasteiger partial charge in [-0.15, -0.1) is 10.2 Å². The van der Waals surface area contributed by atoms with Gasteiger partial charge in [0.05, 0.1) is 17.8 Å². The van der Waals surface area contributed by atoms with Crippen LogP contribution in [-0.4, -0.2) is 28.8 Å². The van der Waals surface area contributed by atoms with E-state index in [1.54, 1.807) is 11.3 Å². The Morgan fingerprint density at radius 3 is 2.94 bits per heavy atom. The molecule has 0 fully saturated rings. The van der Waals surface area contributed by atoms with Crippen molar-refractivity contribution in [2.75, 3.05) is 6.54 Å². The Bertz CT molecular complexity index is 1040. The second kappa shape index (κ2) is 9.83. The highest BCUT2D eigenvalue weighted by molar-refractivity contribution is 7.14. The Balaban J connectivity index is 1.56. The van der Waals surface area contributed by atoms with Crippen LogP contribution < -0.4 is 16.8 Å². The molecule has 4 rings (SSSR count). The smallest absolute Gasteiger partial charge is 0.221 e. The van der Waals surface area contributed by atoms with E-state index in [-0.39, 0.29) is 24.0 Å². The molecule has 0 aliphatic heterocycles. The Morgan fingerprint density at radius 1 is 1.34 bits per heavy atom. The van der Waals surface area contributed by atoms with Crippen LogP contribution in [0.3, 0.4) is 0 Å². The normalized spacial score (nSPS) is 20.4. The van der Waals surface area contributed by atoms with Crippen LogP contribution in [0, 0.1) is 0 Å². The fourth-order valence-corrected chi connectivity index (χ4v) is 5.33. The number of nitrogens with zero attached hydrogens (tertiary/aromatic N) is 2. The molecule has 7 nitrogen and oxygen atoms in total. The average Bonchev–Trinajstić information content (AvgIpc) is 3.25. The summed E-state index contributed by atoms with van der Waals surface area (Å²) in [6, 6.07) is 6.28. The maximum Gasteiger partial charge on any atom is 0.221 e. The summed E-state index contributed by atoms with van der Waals surface area (Å²) < 4.78 is 5.78. The lowest BCUT2D eigenvalue weighted by molar-refractivity contribution is -0.121. The minimum absolute atomic E-state index is 0.00417. The summed E-state index contributed by atoms with van der Waals surface area (Å²) in [4.78, 5) is 12.1. The van der Waals surface area contributed by atoms with E-state index in [9.17, 15) is 4.79 Å². The number of benzene rings is 1. The first kappa shape index (κ1) is 22.5. The van der Waals surface area contributed by atoms with E-state index >= 15 is 0 Å². The molecule has 1 aromatic heterocycles. The number of ether oxygens (including phenoxy) is 1. The van der Waals surface area contributed by atoms with Gasteiger partial charge in [0.25, 0.3) is 0 Å². The van der Waals surface area contributed by atoms with Crippen molar-refractivity contribution in [3.05, 3.63) is 57.9 Å². The van der Waals surface area contributed by atoms with Crippen LogP contribution in [0.2, 0.25) is 0 Å². The van der Waals surface area contributed by atoms with E-state index in [4.69, 9.17) is 16.2 Å². The molecule has 2 aromatic rings. The molecule has 5 N–H and O–H groups in total. The molecule has 1 aromatic carbocycles. The number of carbonyl (C=O) groups excluding carboxylic acids is 1. The molecule has 1 unspecified atom stereocenters. The number of fused-ring (bicyclic) bond motifs is 1. The third kappa shape index (κ3) is 4.86. The van der Waals surface area contributed by atoms with Crippen LogP contribution >= 0.6 is 11.3 Å². The second-order valence-electron chi connectivity index (χ2n) is 8.57.